The minimum atomic E-state index is -5.08. The predicted octanol–water partition coefficient (Wildman–Crippen LogP) is 4.91. The first-order valence-electron chi connectivity index (χ1n) is 10.7. The maximum atomic E-state index is 13.0. The zero-order valence-electron chi connectivity index (χ0n) is 19.1. The SMILES string of the molecule is COc1ccc(CCNC(=O)c2cc(-c3ccccn3)nc3ccccc23)cc1.O=C(O)C(F)(F)F. The van der Waals surface area contributed by atoms with E-state index in [0.717, 1.165) is 34.3 Å². The Morgan fingerprint density at radius 3 is 2.25 bits per heavy atom. The zero-order valence-corrected chi connectivity index (χ0v) is 19.1. The third kappa shape index (κ3) is 7.02. The molecule has 0 fully saturated rings. The molecule has 0 aliphatic carbocycles. The van der Waals surface area contributed by atoms with Crippen LogP contribution in [0.5, 0.6) is 5.75 Å². The van der Waals surface area contributed by atoms with Crippen molar-refractivity contribution in [3.63, 3.8) is 0 Å². The highest BCUT2D eigenvalue weighted by Crippen LogP contribution is 2.23. The van der Waals surface area contributed by atoms with E-state index < -0.39 is 12.1 Å². The molecule has 0 aliphatic heterocycles. The molecule has 4 rings (SSSR count). The van der Waals surface area contributed by atoms with Crippen LogP contribution in [0.2, 0.25) is 0 Å². The fourth-order valence-electron chi connectivity index (χ4n) is 3.22. The molecule has 7 nitrogen and oxygen atoms in total. The van der Waals surface area contributed by atoms with Crippen LogP contribution in [0.3, 0.4) is 0 Å². The van der Waals surface area contributed by atoms with E-state index in [0.29, 0.717) is 17.8 Å². The second kappa shape index (κ2) is 11.8. The molecule has 10 heteroatoms. The summed E-state index contributed by atoms with van der Waals surface area (Å²) >= 11 is 0. The average molecular weight is 497 g/mol. The van der Waals surface area contributed by atoms with Crippen molar-refractivity contribution in [3.8, 4) is 17.1 Å². The number of fused-ring (bicyclic) bond motifs is 1. The standard InChI is InChI=1S/C24H21N3O2.C2HF3O2/c1-29-18-11-9-17(10-12-18)13-15-26-24(28)20-16-23(22-8-4-5-14-25-22)27-21-7-3-2-6-19(20)21;3-2(4,5)1(6)7/h2-12,14,16H,13,15H2,1H3,(H,26,28);(H,6,7). The van der Waals surface area contributed by atoms with Crippen molar-refractivity contribution < 1.29 is 32.6 Å². The van der Waals surface area contributed by atoms with Crippen LogP contribution in [0.25, 0.3) is 22.3 Å². The highest BCUT2D eigenvalue weighted by Gasteiger charge is 2.38. The molecule has 2 aromatic carbocycles. The van der Waals surface area contributed by atoms with E-state index >= 15 is 0 Å². The van der Waals surface area contributed by atoms with E-state index in [1.165, 1.54) is 0 Å². The maximum absolute atomic E-state index is 13.0. The summed E-state index contributed by atoms with van der Waals surface area (Å²) in [5.74, 6) is -2.05. The molecule has 2 N–H and O–H groups in total. The first kappa shape index (κ1) is 26.1. The van der Waals surface area contributed by atoms with Gasteiger partial charge >= 0.3 is 12.1 Å². The van der Waals surface area contributed by atoms with Crippen LogP contribution in [0, 0.1) is 0 Å². The largest absolute Gasteiger partial charge is 0.497 e. The molecule has 0 bridgehead atoms. The topological polar surface area (TPSA) is 101 Å². The first-order valence-corrected chi connectivity index (χ1v) is 10.7. The summed E-state index contributed by atoms with van der Waals surface area (Å²) in [5.41, 5.74) is 3.94. The second-order valence-electron chi connectivity index (χ2n) is 7.44. The van der Waals surface area contributed by atoms with Gasteiger partial charge in [0.05, 0.1) is 29.6 Å². The number of carboxylic acid groups (broad SMARTS) is 1. The number of nitrogens with zero attached hydrogens (tertiary/aromatic N) is 2. The minimum Gasteiger partial charge on any atom is -0.497 e. The molecule has 2 heterocycles. The molecule has 186 valence electrons. The number of methoxy groups -OCH3 is 1. The van der Waals surface area contributed by atoms with Crippen molar-refractivity contribution in [2.75, 3.05) is 13.7 Å². The number of para-hydroxylation sites is 1. The van der Waals surface area contributed by atoms with Crippen molar-refractivity contribution in [2.24, 2.45) is 0 Å². The number of carbonyl (C=O) groups excluding carboxylic acids is 1. The lowest BCUT2D eigenvalue weighted by molar-refractivity contribution is -0.192. The number of hydrogen-bond acceptors (Lipinski definition) is 5. The van der Waals surface area contributed by atoms with E-state index in [4.69, 9.17) is 14.6 Å². The number of carbonyl (C=O) groups is 2. The van der Waals surface area contributed by atoms with Gasteiger partial charge in [-0.05, 0) is 48.4 Å². The number of ether oxygens (including phenoxy) is 1. The smallest absolute Gasteiger partial charge is 0.490 e. The van der Waals surface area contributed by atoms with Gasteiger partial charge in [0.1, 0.15) is 5.75 Å². The Balaban J connectivity index is 0.000000454. The molecule has 2 aromatic heterocycles. The number of aromatic nitrogens is 2. The lowest BCUT2D eigenvalue weighted by atomic mass is 10.1. The highest BCUT2D eigenvalue weighted by atomic mass is 19.4. The van der Waals surface area contributed by atoms with Gasteiger partial charge in [0.15, 0.2) is 0 Å². The molecule has 1 amide bonds. The summed E-state index contributed by atoms with van der Waals surface area (Å²) in [5, 5.41) is 11.0. The number of nitrogens with one attached hydrogen (secondary N) is 1. The molecule has 36 heavy (non-hydrogen) atoms. The van der Waals surface area contributed by atoms with Gasteiger partial charge in [0, 0.05) is 18.1 Å². The van der Waals surface area contributed by atoms with E-state index in [1.807, 2.05) is 72.8 Å². The number of carboxylic acids is 1. The number of amides is 1. The minimum absolute atomic E-state index is 0.116. The van der Waals surface area contributed by atoms with Gasteiger partial charge in [-0.15, -0.1) is 0 Å². The summed E-state index contributed by atoms with van der Waals surface area (Å²) in [6, 6.07) is 23.0. The first-order chi connectivity index (χ1) is 17.2. The normalized spacial score (nSPS) is 10.8. The zero-order chi connectivity index (χ0) is 26.1. The van der Waals surface area contributed by atoms with Crippen LogP contribution in [0.4, 0.5) is 13.2 Å². The molecular weight excluding hydrogens is 475 g/mol. The van der Waals surface area contributed by atoms with Crippen molar-refractivity contribution >= 4 is 22.8 Å². The predicted molar refractivity (Wildman–Crippen MR) is 128 cm³/mol. The molecular formula is C26H22F3N3O4. The van der Waals surface area contributed by atoms with Crippen LogP contribution >= 0.6 is 0 Å². The average Bonchev–Trinajstić information content (AvgIpc) is 2.88. The number of alkyl halides is 3. The molecule has 0 aliphatic rings. The number of rotatable bonds is 6. The van der Waals surface area contributed by atoms with E-state index in [9.17, 15) is 18.0 Å². The second-order valence-corrected chi connectivity index (χ2v) is 7.44. The van der Waals surface area contributed by atoms with Crippen LogP contribution in [0.15, 0.2) is 79.0 Å². The molecule has 4 aromatic rings. The van der Waals surface area contributed by atoms with Crippen LogP contribution in [-0.2, 0) is 11.2 Å². The van der Waals surface area contributed by atoms with Gasteiger partial charge in [-0.3, -0.25) is 9.78 Å². The Hall–Kier alpha value is -4.47. The number of pyridine rings is 2. The monoisotopic (exact) mass is 497 g/mol. The van der Waals surface area contributed by atoms with Gasteiger partial charge in [0.2, 0.25) is 0 Å². The number of halogens is 3. The van der Waals surface area contributed by atoms with Crippen LogP contribution in [0.1, 0.15) is 15.9 Å². The molecule has 0 saturated heterocycles. The fraction of sp³-hybridized carbons (Fsp3) is 0.154. The third-order valence-electron chi connectivity index (χ3n) is 4.99. The molecule has 0 spiro atoms. The van der Waals surface area contributed by atoms with E-state index in [-0.39, 0.29) is 5.91 Å². The Kier molecular flexibility index (Phi) is 8.56. The maximum Gasteiger partial charge on any atom is 0.490 e. The number of benzene rings is 2. The van der Waals surface area contributed by atoms with E-state index in [1.54, 1.807) is 13.3 Å². The Bertz CT molecular complexity index is 1330. The van der Waals surface area contributed by atoms with Gasteiger partial charge in [-0.2, -0.15) is 13.2 Å². The molecule has 0 saturated carbocycles. The van der Waals surface area contributed by atoms with Crippen molar-refractivity contribution in [1.29, 1.82) is 0 Å². The van der Waals surface area contributed by atoms with Crippen molar-refractivity contribution in [3.05, 3.63) is 90.1 Å². The summed E-state index contributed by atoms with van der Waals surface area (Å²) < 4.78 is 36.9. The van der Waals surface area contributed by atoms with Gasteiger partial charge in [0.25, 0.3) is 5.91 Å². The van der Waals surface area contributed by atoms with Crippen molar-refractivity contribution in [1.82, 2.24) is 15.3 Å². The third-order valence-corrected chi connectivity index (χ3v) is 4.99. The lowest BCUT2D eigenvalue weighted by Crippen LogP contribution is -2.26. The summed E-state index contributed by atoms with van der Waals surface area (Å²) in [6.45, 7) is 0.542. The highest BCUT2D eigenvalue weighted by molar-refractivity contribution is 6.07. The lowest BCUT2D eigenvalue weighted by Gasteiger charge is -2.10. The van der Waals surface area contributed by atoms with Crippen LogP contribution < -0.4 is 10.1 Å². The summed E-state index contributed by atoms with van der Waals surface area (Å²) in [6.07, 6.45) is -2.62. The van der Waals surface area contributed by atoms with Crippen molar-refractivity contribution in [2.45, 2.75) is 12.6 Å². The van der Waals surface area contributed by atoms with Gasteiger partial charge in [-0.1, -0.05) is 36.4 Å². The molecule has 0 unspecified atom stereocenters. The number of hydrogen-bond donors (Lipinski definition) is 2. The van der Waals surface area contributed by atoms with Crippen LogP contribution in [-0.4, -0.2) is 46.8 Å². The Morgan fingerprint density at radius 1 is 0.972 bits per heavy atom. The van der Waals surface area contributed by atoms with Gasteiger partial charge in [-0.25, -0.2) is 9.78 Å². The quantitative estimate of drug-likeness (QED) is 0.393. The summed E-state index contributed by atoms with van der Waals surface area (Å²) in [4.78, 5) is 30.9. The molecule has 0 radical (unpaired) electrons. The summed E-state index contributed by atoms with van der Waals surface area (Å²) in [7, 11) is 1.65. The fourth-order valence-corrected chi connectivity index (χ4v) is 3.22. The van der Waals surface area contributed by atoms with E-state index in [2.05, 4.69) is 15.3 Å². The number of aliphatic carboxylic acids is 1. The Morgan fingerprint density at radius 2 is 1.64 bits per heavy atom. The molecule has 0 atom stereocenters. The van der Waals surface area contributed by atoms with Gasteiger partial charge < -0.3 is 15.2 Å². The Labute approximate surface area is 204 Å².